The number of nitrogens with zero attached hydrogens (tertiary/aromatic N) is 3. The highest BCUT2D eigenvalue weighted by Gasteiger charge is 2.40. The fourth-order valence-corrected chi connectivity index (χ4v) is 5.33. The van der Waals surface area contributed by atoms with Crippen LogP contribution in [0.25, 0.3) is 0 Å². The maximum absolute atomic E-state index is 13.5. The van der Waals surface area contributed by atoms with E-state index in [1.807, 2.05) is 53.4 Å². The zero-order chi connectivity index (χ0) is 23.5. The van der Waals surface area contributed by atoms with Crippen molar-refractivity contribution in [3.05, 3.63) is 59.7 Å². The van der Waals surface area contributed by atoms with E-state index in [9.17, 15) is 14.4 Å². The lowest BCUT2D eigenvalue weighted by Crippen LogP contribution is -2.57. The van der Waals surface area contributed by atoms with Gasteiger partial charge in [-0.3, -0.25) is 19.3 Å². The molecule has 178 valence electrons. The maximum atomic E-state index is 13.5. The van der Waals surface area contributed by atoms with Crippen LogP contribution in [0.2, 0.25) is 0 Å². The van der Waals surface area contributed by atoms with Crippen LogP contribution in [0, 0.1) is 0 Å². The monoisotopic (exact) mass is 460 g/mol. The summed E-state index contributed by atoms with van der Waals surface area (Å²) in [6, 6.07) is 15.1. The van der Waals surface area contributed by atoms with Gasteiger partial charge in [0.1, 0.15) is 12.6 Å². The molecule has 7 nitrogen and oxygen atoms in total. The Kier molecular flexibility index (Phi) is 6.52. The van der Waals surface area contributed by atoms with Crippen LogP contribution >= 0.6 is 0 Å². The predicted molar refractivity (Wildman–Crippen MR) is 132 cm³/mol. The number of piperidine rings is 2. The zero-order valence-electron chi connectivity index (χ0n) is 19.5. The highest BCUT2D eigenvalue weighted by Crippen LogP contribution is 2.40. The van der Waals surface area contributed by atoms with Crippen LogP contribution in [0.5, 0.6) is 0 Å². The molecule has 2 fully saturated rings. The van der Waals surface area contributed by atoms with E-state index < -0.39 is 0 Å². The molecule has 2 aromatic carbocycles. The predicted octanol–water partition coefficient (Wildman–Crippen LogP) is 3.33. The van der Waals surface area contributed by atoms with Gasteiger partial charge in [0.25, 0.3) is 5.91 Å². The van der Waals surface area contributed by atoms with Crippen molar-refractivity contribution in [2.24, 2.45) is 0 Å². The van der Waals surface area contributed by atoms with E-state index in [1.165, 1.54) is 0 Å². The van der Waals surface area contributed by atoms with Crippen LogP contribution in [-0.4, -0.2) is 54.8 Å². The van der Waals surface area contributed by atoms with Gasteiger partial charge in [-0.25, -0.2) is 0 Å². The van der Waals surface area contributed by atoms with Crippen molar-refractivity contribution in [1.82, 2.24) is 10.2 Å². The minimum Gasteiger partial charge on any atom is -0.358 e. The van der Waals surface area contributed by atoms with Crippen molar-refractivity contribution in [2.75, 3.05) is 36.0 Å². The van der Waals surface area contributed by atoms with Crippen LogP contribution in [0.15, 0.2) is 48.5 Å². The fourth-order valence-electron chi connectivity index (χ4n) is 5.33. The van der Waals surface area contributed by atoms with E-state index in [1.54, 1.807) is 4.90 Å². The second-order valence-corrected chi connectivity index (χ2v) is 9.45. The first-order chi connectivity index (χ1) is 16.6. The molecule has 2 aromatic rings. The fraction of sp³-hybridized carbons (Fsp3) is 0.444. The number of carbonyl (C=O) groups excluding carboxylic acids is 3. The van der Waals surface area contributed by atoms with Crippen LogP contribution in [0.1, 0.15) is 54.4 Å². The van der Waals surface area contributed by atoms with Gasteiger partial charge in [-0.2, -0.15) is 0 Å². The van der Waals surface area contributed by atoms with Crippen molar-refractivity contribution in [3.8, 4) is 0 Å². The van der Waals surface area contributed by atoms with Crippen molar-refractivity contribution in [2.45, 2.75) is 51.1 Å². The summed E-state index contributed by atoms with van der Waals surface area (Å²) in [5, 5.41) is 2.94. The molecule has 0 aliphatic carbocycles. The van der Waals surface area contributed by atoms with Gasteiger partial charge in [0.05, 0.1) is 11.4 Å². The molecule has 1 atom stereocenters. The van der Waals surface area contributed by atoms with Gasteiger partial charge in [0.2, 0.25) is 11.8 Å². The van der Waals surface area contributed by atoms with Gasteiger partial charge in [0.15, 0.2) is 0 Å². The molecule has 0 unspecified atom stereocenters. The Morgan fingerprint density at radius 2 is 1.65 bits per heavy atom. The topological polar surface area (TPSA) is 73.0 Å². The minimum absolute atomic E-state index is 0.00388. The SMILES string of the molecule is O=C(CN1C(=O)[C@@H]2CCCCN2c2ccc(C(=O)N3CCCCC3)cc21)NCc1ccccc1. The molecule has 0 spiro atoms. The molecular formula is C27H32N4O3. The molecule has 0 saturated carbocycles. The van der Waals surface area contributed by atoms with Gasteiger partial charge in [-0.1, -0.05) is 30.3 Å². The minimum atomic E-state index is -0.244. The summed E-state index contributed by atoms with van der Waals surface area (Å²) in [5.41, 5.74) is 3.20. The average Bonchev–Trinajstić information content (AvgIpc) is 2.90. The van der Waals surface area contributed by atoms with Gasteiger partial charge >= 0.3 is 0 Å². The normalized spacial score (nSPS) is 19.9. The molecule has 3 aliphatic rings. The summed E-state index contributed by atoms with van der Waals surface area (Å²) >= 11 is 0. The number of benzene rings is 2. The maximum Gasteiger partial charge on any atom is 0.253 e. The van der Waals surface area contributed by atoms with Crippen LogP contribution in [-0.2, 0) is 16.1 Å². The summed E-state index contributed by atoms with van der Waals surface area (Å²) < 4.78 is 0. The number of hydrogen-bond acceptors (Lipinski definition) is 4. The standard InChI is InChI=1S/C27H32N4O3/c32-25(28-18-20-9-3-1-4-10-20)19-31-24-17-21(26(33)29-14-6-2-7-15-29)12-13-22(24)30-16-8-5-11-23(30)27(31)34/h1,3-4,9-10,12-13,17,23H,2,5-8,11,14-16,18-19H2,(H,28,32)/t23-/m0/s1. The average molecular weight is 461 g/mol. The lowest BCUT2D eigenvalue weighted by molar-refractivity contribution is -0.125. The van der Waals surface area contributed by atoms with E-state index >= 15 is 0 Å². The Bertz CT molecular complexity index is 1060. The molecule has 5 rings (SSSR count). The zero-order valence-corrected chi connectivity index (χ0v) is 19.5. The largest absolute Gasteiger partial charge is 0.358 e. The summed E-state index contributed by atoms with van der Waals surface area (Å²) in [6.45, 7) is 2.72. The van der Waals surface area contributed by atoms with E-state index in [-0.39, 0.29) is 30.3 Å². The molecule has 0 aromatic heterocycles. The first kappa shape index (κ1) is 22.4. The molecule has 0 bridgehead atoms. The van der Waals surface area contributed by atoms with Crippen molar-refractivity contribution < 1.29 is 14.4 Å². The molecule has 0 radical (unpaired) electrons. The third kappa shape index (κ3) is 4.52. The summed E-state index contributed by atoms with van der Waals surface area (Å²) in [6.07, 6.45) is 6.04. The Morgan fingerprint density at radius 1 is 0.882 bits per heavy atom. The summed E-state index contributed by atoms with van der Waals surface area (Å²) in [4.78, 5) is 45.2. The van der Waals surface area contributed by atoms with Crippen molar-refractivity contribution in [3.63, 3.8) is 0 Å². The molecule has 7 heteroatoms. The lowest BCUT2D eigenvalue weighted by atomic mass is 9.95. The van der Waals surface area contributed by atoms with Gasteiger partial charge in [-0.05, 0) is 62.3 Å². The van der Waals surface area contributed by atoms with Gasteiger partial charge in [-0.15, -0.1) is 0 Å². The van der Waals surface area contributed by atoms with E-state index in [4.69, 9.17) is 0 Å². The molecule has 1 N–H and O–H groups in total. The van der Waals surface area contributed by atoms with Gasteiger partial charge < -0.3 is 15.1 Å². The van der Waals surface area contributed by atoms with Crippen LogP contribution in [0.4, 0.5) is 11.4 Å². The van der Waals surface area contributed by atoms with Crippen molar-refractivity contribution in [1.29, 1.82) is 0 Å². The first-order valence-corrected chi connectivity index (χ1v) is 12.4. The molecule has 34 heavy (non-hydrogen) atoms. The second-order valence-electron chi connectivity index (χ2n) is 9.45. The summed E-state index contributed by atoms with van der Waals surface area (Å²) in [7, 11) is 0. The number of anilines is 2. The van der Waals surface area contributed by atoms with Crippen LogP contribution < -0.4 is 15.1 Å². The van der Waals surface area contributed by atoms with Crippen molar-refractivity contribution >= 4 is 29.1 Å². The molecule has 3 aliphatic heterocycles. The number of carbonyl (C=O) groups is 3. The van der Waals surface area contributed by atoms with E-state index in [0.717, 1.165) is 69.4 Å². The number of amides is 3. The number of fused-ring (bicyclic) bond motifs is 3. The molecule has 3 amide bonds. The Morgan fingerprint density at radius 3 is 2.44 bits per heavy atom. The first-order valence-electron chi connectivity index (χ1n) is 12.4. The summed E-state index contributed by atoms with van der Waals surface area (Å²) in [5.74, 6) is -0.256. The number of hydrogen-bond donors (Lipinski definition) is 1. The lowest BCUT2D eigenvalue weighted by Gasteiger charge is -2.45. The third-order valence-electron chi connectivity index (χ3n) is 7.15. The third-order valence-corrected chi connectivity index (χ3v) is 7.15. The number of rotatable bonds is 5. The van der Waals surface area contributed by atoms with E-state index in [0.29, 0.717) is 17.8 Å². The number of nitrogens with one attached hydrogen (secondary N) is 1. The Hall–Kier alpha value is -3.35. The van der Waals surface area contributed by atoms with Gasteiger partial charge in [0, 0.05) is 31.7 Å². The highest BCUT2D eigenvalue weighted by molar-refractivity contribution is 6.09. The second kappa shape index (κ2) is 9.87. The Balaban J connectivity index is 1.40. The molecule has 2 saturated heterocycles. The number of likely N-dealkylation sites (tertiary alicyclic amines) is 1. The quantitative estimate of drug-likeness (QED) is 0.743. The van der Waals surface area contributed by atoms with E-state index in [2.05, 4.69) is 10.2 Å². The Labute approximate surface area is 200 Å². The van der Waals surface area contributed by atoms with Crippen LogP contribution in [0.3, 0.4) is 0 Å². The molecule has 3 heterocycles. The highest BCUT2D eigenvalue weighted by atomic mass is 16.2. The molecular weight excluding hydrogens is 428 g/mol. The smallest absolute Gasteiger partial charge is 0.253 e.